The largest absolute Gasteiger partial charge is 0.370 e. The van der Waals surface area contributed by atoms with Crippen molar-refractivity contribution < 1.29 is 5.11 Å². The molecule has 0 aliphatic carbocycles. The Labute approximate surface area is 97.6 Å². The summed E-state index contributed by atoms with van der Waals surface area (Å²) >= 11 is 0. The lowest BCUT2D eigenvalue weighted by Gasteiger charge is -2.35. The standard InChI is InChI=1S/C11H18N2O.ClH/c1-3-5-7-11(14,6-4-2)13-9-8-12-10-13;/h3-4,10,14H,1-2,5-9H2;1H. The minimum Gasteiger partial charge on any atom is -0.370 e. The second kappa shape index (κ2) is 6.64. The zero-order valence-electron chi connectivity index (χ0n) is 8.93. The highest BCUT2D eigenvalue weighted by Crippen LogP contribution is 2.23. The summed E-state index contributed by atoms with van der Waals surface area (Å²) in [5, 5.41) is 10.4. The highest BCUT2D eigenvalue weighted by atomic mass is 35.5. The van der Waals surface area contributed by atoms with Crippen molar-refractivity contribution in [3.63, 3.8) is 0 Å². The summed E-state index contributed by atoms with van der Waals surface area (Å²) in [4.78, 5) is 5.99. The number of nitrogens with zero attached hydrogens (tertiary/aromatic N) is 2. The first-order chi connectivity index (χ1) is 6.73. The van der Waals surface area contributed by atoms with E-state index in [9.17, 15) is 5.11 Å². The van der Waals surface area contributed by atoms with Crippen molar-refractivity contribution in [3.05, 3.63) is 25.3 Å². The summed E-state index contributed by atoms with van der Waals surface area (Å²) in [5.41, 5.74) is -0.823. The summed E-state index contributed by atoms with van der Waals surface area (Å²) in [7, 11) is 0. The van der Waals surface area contributed by atoms with E-state index >= 15 is 0 Å². The van der Waals surface area contributed by atoms with Crippen molar-refractivity contribution in [2.45, 2.75) is 25.0 Å². The van der Waals surface area contributed by atoms with Crippen LogP contribution in [0, 0.1) is 0 Å². The van der Waals surface area contributed by atoms with Crippen LogP contribution in [0.2, 0.25) is 0 Å². The molecule has 0 aromatic carbocycles. The first-order valence-electron chi connectivity index (χ1n) is 4.94. The molecule has 0 fully saturated rings. The molecule has 0 bridgehead atoms. The van der Waals surface area contributed by atoms with Crippen molar-refractivity contribution >= 4 is 18.7 Å². The quantitative estimate of drug-likeness (QED) is 0.709. The molecule has 0 spiro atoms. The molecule has 86 valence electrons. The van der Waals surface area contributed by atoms with Crippen LogP contribution in [0.5, 0.6) is 0 Å². The number of rotatable bonds is 6. The van der Waals surface area contributed by atoms with E-state index in [1.165, 1.54) is 0 Å². The van der Waals surface area contributed by atoms with Crippen molar-refractivity contribution in [2.24, 2.45) is 4.99 Å². The topological polar surface area (TPSA) is 35.8 Å². The number of hydrogen-bond acceptors (Lipinski definition) is 3. The van der Waals surface area contributed by atoms with Gasteiger partial charge >= 0.3 is 0 Å². The molecule has 4 heteroatoms. The van der Waals surface area contributed by atoms with Gasteiger partial charge in [-0.15, -0.1) is 25.6 Å². The number of allylic oxidation sites excluding steroid dienone is 1. The highest BCUT2D eigenvalue weighted by Gasteiger charge is 2.31. The molecule has 0 amide bonds. The maximum absolute atomic E-state index is 10.4. The third kappa shape index (κ3) is 3.68. The van der Waals surface area contributed by atoms with Gasteiger partial charge in [0, 0.05) is 13.0 Å². The molecule has 1 atom stereocenters. The molecular formula is C11H19ClN2O. The lowest BCUT2D eigenvalue weighted by molar-refractivity contribution is -0.0656. The molecule has 0 aromatic heterocycles. The zero-order chi connectivity index (χ0) is 10.4. The number of aliphatic imine (C=N–C) groups is 1. The first-order valence-corrected chi connectivity index (χ1v) is 4.94. The van der Waals surface area contributed by atoms with Gasteiger partial charge in [0.2, 0.25) is 0 Å². The first kappa shape index (κ1) is 14.2. The van der Waals surface area contributed by atoms with Gasteiger partial charge in [0.1, 0.15) is 5.72 Å². The molecular weight excluding hydrogens is 212 g/mol. The average Bonchev–Trinajstić information content (AvgIpc) is 2.68. The maximum Gasteiger partial charge on any atom is 0.142 e. The van der Waals surface area contributed by atoms with Crippen LogP contribution >= 0.6 is 12.4 Å². The zero-order valence-corrected chi connectivity index (χ0v) is 9.75. The fourth-order valence-electron chi connectivity index (χ4n) is 1.62. The van der Waals surface area contributed by atoms with E-state index in [0.29, 0.717) is 12.8 Å². The lowest BCUT2D eigenvalue weighted by Crippen LogP contribution is -2.46. The Morgan fingerprint density at radius 2 is 2.20 bits per heavy atom. The number of hydrogen-bond donors (Lipinski definition) is 1. The summed E-state index contributed by atoms with van der Waals surface area (Å²) in [5.74, 6) is 0. The van der Waals surface area contributed by atoms with E-state index < -0.39 is 5.72 Å². The lowest BCUT2D eigenvalue weighted by atomic mass is 10.0. The predicted molar refractivity (Wildman–Crippen MR) is 66.5 cm³/mol. The summed E-state index contributed by atoms with van der Waals surface area (Å²) in [6.07, 6.45) is 7.33. The van der Waals surface area contributed by atoms with Crippen LogP contribution in [0.1, 0.15) is 19.3 Å². The molecule has 1 N–H and O–H groups in total. The minimum absolute atomic E-state index is 0. The van der Waals surface area contributed by atoms with E-state index in [4.69, 9.17) is 0 Å². The van der Waals surface area contributed by atoms with Crippen LogP contribution < -0.4 is 0 Å². The molecule has 0 saturated carbocycles. The Bertz CT molecular complexity index is 243. The fourth-order valence-corrected chi connectivity index (χ4v) is 1.62. The van der Waals surface area contributed by atoms with Gasteiger partial charge in [-0.25, -0.2) is 0 Å². The van der Waals surface area contributed by atoms with Gasteiger partial charge in [-0.1, -0.05) is 12.2 Å². The van der Waals surface area contributed by atoms with Crippen molar-refractivity contribution in [1.29, 1.82) is 0 Å². The Balaban J connectivity index is 0.00000196. The van der Waals surface area contributed by atoms with E-state index in [-0.39, 0.29) is 12.4 Å². The Morgan fingerprint density at radius 1 is 1.47 bits per heavy atom. The Hall–Kier alpha value is -0.800. The van der Waals surface area contributed by atoms with Crippen LogP contribution in [-0.4, -0.2) is 35.2 Å². The van der Waals surface area contributed by atoms with E-state index in [1.807, 2.05) is 11.0 Å². The van der Waals surface area contributed by atoms with Gasteiger partial charge in [0.25, 0.3) is 0 Å². The van der Waals surface area contributed by atoms with E-state index in [1.54, 1.807) is 12.4 Å². The maximum atomic E-state index is 10.4. The molecule has 1 rings (SSSR count). The van der Waals surface area contributed by atoms with Crippen LogP contribution in [0.4, 0.5) is 0 Å². The molecule has 0 radical (unpaired) electrons. The second-order valence-electron chi connectivity index (χ2n) is 3.52. The fraction of sp³-hybridized carbons (Fsp3) is 0.545. The van der Waals surface area contributed by atoms with Crippen molar-refractivity contribution in [1.82, 2.24) is 4.90 Å². The molecule has 3 nitrogen and oxygen atoms in total. The van der Waals surface area contributed by atoms with Gasteiger partial charge in [-0.3, -0.25) is 4.99 Å². The number of aliphatic hydroxyl groups is 1. The summed E-state index contributed by atoms with van der Waals surface area (Å²) in [6.45, 7) is 8.89. The molecule has 1 aliphatic rings. The molecule has 0 saturated heterocycles. The summed E-state index contributed by atoms with van der Waals surface area (Å²) < 4.78 is 0. The Morgan fingerprint density at radius 3 is 2.67 bits per heavy atom. The van der Waals surface area contributed by atoms with Gasteiger partial charge < -0.3 is 10.0 Å². The molecule has 1 aliphatic heterocycles. The van der Waals surface area contributed by atoms with Gasteiger partial charge in [-0.2, -0.15) is 0 Å². The van der Waals surface area contributed by atoms with Crippen LogP contribution in [-0.2, 0) is 0 Å². The molecule has 0 aromatic rings. The number of halogens is 1. The van der Waals surface area contributed by atoms with Gasteiger partial charge in [0.15, 0.2) is 0 Å². The molecule has 15 heavy (non-hydrogen) atoms. The summed E-state index contributed by atoms with van der Waals surface area (Å²) in [6, 6.07) is 0. The van der Waals surface area contributed by atoms with Crippen molar-refractivity contribution in [3.8, 4) is 0 Å². The molecule has 1 heterocycles. The smallest absolute Gasteiger partial charge is 0.142 e. The minimum atomic E-state index is -0.823. The van der Waals surface area contributed by atoms with Crippen LogP contribution in [0.3, 0.4) is 0 Å². The third-order valence-electron chi connectivity index (χ3n) is 2.45. The monoisotopic (exact) mass is 230 g/mol. The van der Waals surface area contributed by atoms with Crippen molar-refractivity contribution in [2.75, 3.05) is 13.1 Å². The van der Waals surface area contributed by atoms with E-state index in [2.05, 4.69) is 18.2 Å². The van der Waals surface area contributed by atoms with Crippen LogP contribution in [0.25, 0.3) is 0 Å². The highest BCUT2D eigenvalue weighted by molar-refractivity contribution is 5.85. The van der Waals surface area contributed by atoms with Crippen LogP contribution in [0.15, 0.2) is 30.3 Å². The van der Waals surface area contributed by atoms with E-state index in [0.717, 1.165) is 19.5 Å². The third-order valence-corrected chi connectivity index (χ3v) is 2.45. The average molecular weight is 231 g/mol. The molecule has 1 unspecified atom stereocenters. The predicted octanol–water partition coefficient (Wildman–Crippen LogP) is 1.98. The normalized spacial score (nSPS) is 18.1. The SMILES string of the molecule is C=CCCC(O)(CC=C)N1C=NCC1.Cl. The Kier molecular flexibility index (Phi) is 6.29. The van der Waals surface area contributed by atoms with Gasteiger partial charge in [0.05, 0.1) is 12.9 Å². The second-order valence-corrected chi connectivity index (χ2v) is 3.52. The van der Waals surface area contributed by atoms with Gasteiger partial charge in [-0.05, 0) is 12.8 Å².